The molecule has 7 nitrogen and oxygen atoms in total. The quantitative estimate of drug-likeness (QED) is 0.220. The number of ether oxygens (including phenoxy) is 1. The predicted molar refractivity (Wildman–Crippen MR) is 113 cm³/mol. The molecular weight excluding hydrogens is 356 g/mol. The summed E-state index contributed by atoms with van der Waals surface area (Å²) in [6.07, 6.45) is 5.21. The summed E-state index contributed by atoms with van der Waals surface area (Å²) in [5.74, 6) is 0.591. The summed E-state index contributed by atoms with van der Waals surface area (Å²) in [7, 11) is 3.06. The smallest absolute Gasteiger partial charge is 0.305 e. The summed E-state index contributed by atoms with van der Waals surface area (Å²) < 4.78 is 4.63. The molecule has 1 aromatic rings. The van der Waals surface area contributed by atoms with Crippen LogP contribution in [-0.4, -0.2) is 51.6 Å². The molecular formula is C21H34N4O3. The summed E-state index contributed by atoms with van der Waals surface area (Å²) in [5, 5.41) is 9.22. The van der Waals surface area contributed by atoms with Crippen LogP contribution in [0.15, 0.2) is 29.3 Å². The lowest BCUT2D eigenvalue weighted by molar-refractivity contribution is -0.140. The Kier molecular flexibility index (Phi) is 12.1. The van der Waals surface area contributed by atoms with Gasteiger partial charge in [0.15, 0.2) is 5.96 Å². The Labute approximate surface area is 168 Å². The number of carbonyl (C=O) groups is 2. The van der Waals surface area contributed by atoms with Gasteiger partial charge in [-0.1, -0.05) is 25.0 Å². The third kappa shape index (κ3) is 9.94. The number of benzene rings is 1. The van der Waals surface area contributed by atoms with Crippen molar-refractivity contribution in [1.82, 2.24) is 16.0 Å². The summed E-state index contributed by atoms with van der Waals surface area (Å²) in [5.41, 5.74) is 1.78. The molecule has 156 valence electrons. The molecule has 0 aliphatic rings. The first kappa shape index (κ1) is 23.5. The van der Waals surface area contributed by atoms with Gasteiger partial charge in [-0.05, 0) is 43.9 Å². The second-order valence-electron chi connectivity index (χ2n) is 6.46. The highest BCUT2D eigenvalue weighted by atomic mass is 16.5. The largest absolute Gasteiger partial charge is 0.469 e. The van der Waals surface area contributed by atoms with Crippen LogP contribution in [0.2, 0.25) is 0 Å². The highest BCUT2D eigenvalue weighted by Crippen LogP contribution is 2.06. The molecule has 0 saturated heterocycles. The van der Waals surface area contributed by atoms with Crippen molar-refractivity contribution < 1.29 is 14.3 Å². The summed E-state index contributed by atoms with van der Waals surface area (Å²) >= 11 is 0. The van der Waals surface area contributed by atoms with E-state index in [4.69, 9.17) is 0 Å². The maximum absolute atomic E-state index is 11.7. The van der Waals surface area contributed by atoms with E-state index < -0.39 is 0 Å². The molecule has 1 amide bonds. The number of nitrogens with one attached hydrogen (secondary N) is 3. The number of aliphatic imine (C=N–C) groups is 1. The van der Waals surface area contributed by atoms with Crippen LogP contribution in [0.3, 0.4) is 0 Å². The van der Waals surface area contributed by atoms with Gasteiger partial charge in [-0.15, -0.1) is 0 Å². The molecule has 1 rings (SSSR count). The monoisotopic (exact) mass is 390 g/mol. The standard InChI is InChI=1S/C21H34N4O3/c1-4-23-21(24-14-8-6-5-7-12-19(26)28-3)25-15-13-17-10-9-11-18(16-17)20(27)22-2/h9-11,16H,4-8,12-15H2,1-3H3,(H,22,27)(H2,23,24,25). The van der Waals surface area contributed by atoms with Gasteiger partial charge in [0, 0.05) is 38.7 Å². The van der Waals surface area contributed by atoms with Gasteiger partial charge in [0.25, 0.3) is 5.91 Å². The van der Waals surface area contributed by atoms with Crippen LogP contribution in [0.1, 0.15) is 54.9 Å². The Hall–Kier alpha value is -2.57. The van der Waals surface area contributed by atoms with Gasteiger partial charge in [0.2, 0.25) is 0 Å². The number of esters is 1. The maximum Gasteiger partial charge on any atom is 0.305 e. The van der Waals surface area contributed by atoms with Crippen molar-refractivity contribution in [2.24, 2.45) is 4.99 Å². The van der Waals surface area contributed by atoms with Gasteiger partial charge in [-0.2, -0.15) is 0 Å². The first-order valence-electron chi connectivity index (χ1n) is 10.0. The first-order chi connectivity index (χ1) is 13.6. The molecule has 0 radical (unpaired) electrons. The van der Waals surface area contributed by atoms with Crippen molar-refractivity contribution in [2.45, 2.75) is 45.4 Å². The van der Waals surface area contributed by atoms with Crippen molar-refractivity contribution in [1.29, 1.82) is 0 Å². The zero-order valence-electron chi connectivity index (χ0n) is 17.3. The first-order valence-corrected chi connectivity index (χ1v) is 10.0. The molecule has 0 heterocycles. The minimum atomic E-state index is -0.141. The maximum atomic E-state index is 11.7. The van der Waals surface area contributed by atoms with Gasteiger partial charge in [-0.25, -0.2) is 0 Å². The number of unbranched alkanes of at least 4 members (excludes halogenated alkanes) is 3. The van der Waals surface area contributed by atoms with Gasteiger partial charge in [-0.3, -0.25) is 14.6 Å². The van der Waals surface area contributed by atoms with Crippen LogP contribution in [0.4, 0.5) is 0 Å². The lowest BCUT2D eigenvalue weighted by Gasteiger charge is -2.11. The molecule has 0 aliphatic carbocycles. The lowest BCUT2D eigenvalue weighted by Crippen LogP contribution is -2.38. The zero-order chi connectivity index (χ0) is 20.6. The SMILES string of the molecule is CCNC(=NCCCCCCC(=O)OC)NCCc1cccc(C(=O)NC)c1. The number of amides is 1. The second kappa shape index (κ2) is 14.5. The molecule has 1 aromatic carbocycles. The molecule has 28 heavy (non-hydrogen) atoms. The molecule has 0 aliphatic heterocycles. The number of carbonyl (C=O) groups excluding carboxylic acids is 2. The normalized spacial score (nSPS) is 11.0. The van der Waals surface area contributed by atoms with Gasteiger partial charge >= 0.3 is 5.97 Å². The Morgan fingerprint density at radius 1 is 1.11 bits per heavy atom. The molecule has 0 saturated carbocycles. The number of rotatable bonds is 12. The summed E-state index contributed by atoms with van der Waals surface area (Å²) in [6.45, 7) is 4.33. The number of guanidine groups is 1. The van der Waals surface area contributed by atoms with E-state index >= 15 is 0 Å². The summed E-state index contributed by atoms with van der Waals surface area (Å²) in [6, 6.07) is 7.65. The van der Waals surface area contributed by atoms with Crippen LogP contribution >= 0.6 is 0 Å². The van der Waals surface area contributed by atoms with Crippen LogP contribution in [0.25, 0.3) is 0 Å². The minimum Gasteiger partial charge on any atom is -0.469 e. The topological polar surface area (TPSA) is 91.8 Å². The van der Waals surface area contributed by atoms with Crippen molar-refractivity contribution >= 4 is 17.8 Å². The fourth-order valence-electron chi connectivity index (χ4n) is 2.71. The van der Waals surface area contributed by atoms with E-state index in [1.54, 1.807) is 7.05 Å². The van der Waals surface area contributed by atoms with Crippen LogP contribution < -0.4 is 16.0 Å². The molecule has 0 fully saturated rings. The van der Waals surface area contributed by atoms with Crippen molar-refractivity contribution in [3.63, 3.8) is 0 Å². The van der Waals surface area contributed by atoms with E-state index in [1.165, 1.54) is 7.11 Å². The summed E-state index contributed by atoms with van der Waals surface area (Å²) in [4.78, 5) is 27.4. The van der Waals surface area contributed by atoms with Crippen LogP contribution in [-0.2, 0) is 16.0 Å². The van der Waals surface area contributed by atoms with E-state index in [-0.39, 0.29) is 11.9 Å². The van der Waals surface area contributed by atoms with E-state index in [0.717, 1.165) is 63.3 Å². The molecule has 0 atom stereocenters. The third-order valence-corrected chi connectivity index (χ3v) is 4.25. The van der Waals surface area contributed by atoms with Gasteiger partial charge in [0.1, 0.15) is 0 Å². The number of hydrogen-bond acceptors (Lipinski definition) is 4. The van der Waals surface area contributed by atoms with Gasteiger partial charge < -0.3 is 20.7 Å². The van der Waals surface area contributed by atoms with E-state index in [1.807, 2.05) is 31.2 Å². The Balaban J connectivity index is 2.33. The highest BCUT2D eigenvalue weighted by Gasteiger charge is 2.04. The van der Waals surface area contributed by atoms with E-state index in [2.05, 4.69) is 25.7 Å². The third-order valence-electron chi connectivity index (χ3n) is 4.25. The number of nitrogens with zero attached hydrogens (tertiary/aromatic N) is 1. The van der Waals surface area contributed by atoms with Crippen molar-refractivity contribution in [3.05, 3.63) is 35.4 Å². The molecule has 7 heteroatoms. The molecule has 0 unspecified atom stereocenters. The van der Waals surface area contributed by atoms with Crippen LogP contribution in [0.5, 0.6) is 0 Å². The fourth-order valence-corrected chi connectivity index (χ4v) is 2.71. The highest BCUT2D eigenvalue weighted by molar-refractivity contribution is 5.94. The molecule has 0 spiro atoms. The number of methoxy groups -OCH3 is 1. The minimum absolute atomic E-state index is 0.0729. The number of hydrogen-bond donors (Lipinski definition) is 3. The molecule has 0 aromatic heterocycles. The van der Waals surface area contributed by atoms with Crippen LogP contribution in [0, 0.1) is 0 Å². The predicted octanol–water partition coefficient (Wildman–Crippen LogP) is 2.27. The van der Waals surface area contributed by atoms with Crippen molar-refractivity contribution in [2.75, 3.05) is 33.8 Å². The average molecular weight is 391 g/mol. The Morgan fingerprint density at radius 3 is 2.61 bits per heavy atom. The van der Waals surface area contributed by atoms with Gasteiger partial charge in [0.05, 0.1) is 7.11 Å². The Bertz CT molecular complexity index is 632. The lowest BCUT2D eigenvalue weighted by atomic mass is 10.1. The van der Waals surface area contributed by atoms with E-state index in [0.29, 0.717) is 12.0 Å². The average Bonchev–Trinajstić information content (AvgIpc) is 2.72. The zero-order valence-corrected chi connectivity index (χ0v) is 17.3. The van der Waals surface area contributed by atoms with E-state index in [9.17, 15) is 9.59 Å². The Morgan fingerprint density at radius 2 is 1.89 bits per heavy atom. The van der Waals surface area contributed by atoms with Crippen molar-refractivity contribution in [3.8, 4) is 0 Å². The second-order valence-corrected chi connectivity index (χ2v) is 6.46. The fraction of sp³-hybridized carbons (Fsp3) is 0.571. The molecule has 3 N–H and O–H groups in total. The molecule has 0 bridgehead atoms.